The van der Waals surface area contributed by atoms with E-state index in [4.69, 9.17) is 0 Å². The summed E-state index contributed by atoms with van der Waals surface area (Å²) in [4.78, 5) is 0. The van der Waals surface area contributed by atoms with Gasteiger partial charge in [-0.05, 0) is 0 Å². The first-order valence-electron chi connectivity index (χ1n) is 6.37. The molecular formula is C12H22BN4+. The second kappa shape index (κ2) is 4.39. The second-order valence-electron chi connectivity index (χ2n) is 5.00. The van der Waals surface area contributed by atoms with E-state index in [-0.39, 0.29) is 0 Å². The molecular weight excluding hydrogens is 211 g/mol. The zero-order valence-corrected chi connectivity index (χ0v) is 11.2. The molecule has 0 amide bonds. The molecule has 2 rings (SSSR count). The first-order chi connectivity index (χ1) is 8.12. The molecule has 5 heteroatoms. The molecule has 0 saturated carbocycles. The van der Waals surface area contributed by atoms with Crippen molar-refractivity contribution < 1.29 is 8.96 Å². The Bertz CT molecular complexity index is 454. The molecule has 0 aliphatic rings. The monoisotopic (exact) mass is 233 g/mol. The molecule has 0 bridgehead atoms. The Morgan fingerprint density at radius 3 is 1.53 bits per heavy atom. The smallest absolute Gasteiger partial charge is 0.380 e. The van der Waals surface area contributed by atoms with E-state index in [1.807, 2.05) is 0 Å². The van der Waals surface area contributed by atoms with Crippen LogP contribution >= 0.6 is 0 Å². The van der Waals surface area contributed by atoms with Crippen molar-refractivity contribution in [1.82, 2.24) is 9.13 Å². The lowest BCUT2D eigenvalue weighted by Crippen LogP contribution is -2.80. The molecule has 0 spiro atoms. The molecule has 0 fully saturated rings. The van der Waals surface area contributed by atoms with Crippen molar-refractivity contribution in [2.75, 3.05) is 0 Å². The average Bonchev–Trinajstić information content (AvgIpc) is 2.92. The van der Waals surface area contributed by atoms with Crippen LogP contribution in [0.5, 0.6) is 0 Å². The Balaban J connectivity index is 2.52. The van der Waals surface area contributed by atoms with E-state index < -0.39 is 6.42 Å². The van der Waals surface area contributed by atoms with Gasteiger partial charge in [0.15, 0.2) is 12.7 Å². The summed E-state index contributed by atoms with van der Waals surface area (Å²) in [5.74, 6) is 0. The molecule has 17 heavy (non-hydrogen) atoms. The minimum atomic E-state index is -0.747. The molecule has 0 aromatic carbocycles. The lowest BCUT2D eigenvalue weighted by molar-refractivity contribution is -0.689. The summed E-state index contributed by atoms with van der Waals surface area (Å²) >= 11 is 0. The van der Waals surface area contributed by atoms with E-state index in [1.165, 1.54) is 0 Å². The molecule has 92 valence electrons. The van der Waals surface area contributed by atoms with Gasteiger partial charge in [0.25, 0.3) is 0 Å². The van der Waals surface area contributed by atoms with E-state index in [0.29, 0.717) is 0 Å². The number of aryl methyl sites for hydroxylation is 2. The molecule has 2 aromatic heterocycles. The van der Waals surface area contributed by atoms with E-state index in [9.17, 15) is 0 Å². The standard InChI is InChI=1S/C12H22BN4/c1-5-13(6-2,16-9-7-14(3)11-16)17-10-8-15(4)12-17/h7-12H,5-6H2,1-4H3/q+1. The maximum atomic E-state index is 2.36. The van der Waals surface area contributed by atoms with Crippen LogP contribution in [0.25, 0.3) is 0 Å². The molecule has 0 saturated heterocycles. The van der Waals surface area contributed by atoms with Gasteiger partial charge in [-0.25, -0.2) is 9.13 Å². The molecule has 2 aromatic rings. The maximum absolute atomic E-state index is 2.36. The molecule has 4 nitrogen and oxygen atoms in total. The Morgan fingerprint density at radius 1 is 0.882 bits per heavy atom. The Labute approximate surface area is 103 Å². The third kappa shape index (κ3) is 1.90. The van der Waals surface area contributed by atoms with Crippen molar-refractivity contribution in [3.63, 3.8) is 0 Å². The molecule has 0 radical (unpaired) electrons. The van der Waals surface area contributed by atoms with Crippen LogP contribution in [0.4, 0.5) is 0 Å². The highest BCUT2D eigenvalue weighted by atomic mass is 15.2. The Morgan fingerprint density at radius 2 is 1.29 bits per heavy atom. The Hall–Kier alpha value is -1.52. The summed E-state index contributed by atoms with van der Waals surface area (Å²) < 4.78 is 8.93. The number of hydrogen-bond acceptors (Lipinski definition) is 0. The highest BCUT2D eigenvalue weighted by Gasteiger charge is 2.37. The zero-order chi connectivity index (χ0) is 12.5. The number of rotatable bonds is 4. The number of aromatic nitrogens is 4. The van der Waals surface area contributed by atoms with Crippen molar-refractivity contribution in [2.45, 2.75) is 26.5 Å². The molecule has 0 aliphatic carbocycles. The molecule has 0 N–H and O–H groups in total. The van der Waals surface area contributed by atoms with Crippen molar-refractivity contribution in [1.29, 1.82) is 0 Å². The van der Waals surface area contributed by atoms with Gasteiger partial charge in [0, 0.05) is 0 Å². The SMILES string of the molecule is CC[B-](CC)([n+]1ccn(C)c1)[n+]1ccn(C)c1. The first-order valence-corrected chi connectivity index (χ1v) is 6.37. The maximum Gasteiger partial charge on any atom is 0.380 e. The minimum Gasteiger partial charge on any atom is -0.394 e. The summed E-state index contributed by atoms with van der Waals surface area (Å²) in [6.45, 7) is 4.53. The molecule has 0 unspecified atom stereocenters. The van der Waals surface area contributed by atoms with Gasteiger partial charge in [-0.15, -0.1) is 0 Å². The second-order valence-corrected chi connectivity index (χ2v) is 5.00. The van der Waals surface area contributed by atoms with Crippen molar-refractivity contribution >= 4 is 6.42 Å². The predicted octanol–water partition coefficient (Wildman–Crippen LogP) is 0.817. The third-order valence-electron chi connectivity index (χ3n) is 4.00. The molecule has 0 aliphatic heterocycles. The first kappa shape index (κ1) is 12.0. The summed E-state index contributed by atoms with van der Waals surface area (Å²) in [5.41, 5.74) is 0. The van der Waals surface area contributed by atoms with Gasteiger partial charge >= 0.3 is 6.42 Å². The zero-order valence-electron chi connectivity index (χ0n) is 11.2. The Kier molecular flexibility index (Phi) is 3.09. The summed E-state index contributed by atoms with van der Waals surface area (Å²) in [6, 6.07) is 0. The van der Waals surface area contributed by atoms with Crippen LogP contribution < -0.4 is 8.96 Å². The lowest BCUT2D eigenvalue weighted by Gasteiger charge is -2.30. The van der Waals surface area contributed by atoms with Crippen LogP contribution in [-0.2, 0) is 14.1 Å². The van der Waals surface area contributed by atoms with Gasteiger partial charge in [0.05, 0.1) is 26.5 Å². The van der Waals surface area contributed by atoms with Gasteiger partial charge in [0.2, 0.25) is 0 Å². The van der Waals surface area contributed by atoms with Gasteiger partial charge in [-0.2, -0.15) is 0 Å². The fourth-order valence-corrected chi connectivity index (χ4v) is 2.79. The van der Waals surface area contributed by atoms with Crippen LogP contribution in [0, 0.1) is 0 Å². The van der Waals surface area contributed by atoms with E-state index in [0.717, 1.165) is 12.6 Å². The quantitative estimate of drug-likeness (QED) is 0.696. The summed E-state index contributed by atoms with van der Waals surface area (Å²) in [5, 5.41) is 0. The topological polar surface area (TPSA) is 17.6 Å². The largest absolute Gasteiger partial charge is 0.394 e. The minimum absolute atomic E-state index is 0.747. The van der Waals surface area contributed by atoms with Crippen LogP contribution in [0.1, 0.15) is 13.8 Å². The van der Waals surface area contributed by atoms with Crippen molar-refractivity contribution in [2.24, 2.45) is 14.1 Å². The fourth-order valence-electron chi connectivity index (χ4n) is 2.79. The van der Waals surface area contributed by atoms with Gasteiger partial charge < -0.3 is 8.96 Å². The molecule has 2 heterocycles. The van der Waals surface area contributed by atoms with Gasteiger partial charge in [0.1, 0.15) is 12.4 Å². The van der Waals surface area contributed by atoms with Crippen LogP contribution in [0.2, 0.25) is 12.6 Å². The summed E-state index contributed by atoms with van der Waals surface area (Å²) in [6.07, 6.45) is 14.4. The predicted molar refractivity (Wildman–Crippen MR) is 68.7 cm³/mol. The third-order valence-corrected chi connectivity index (χ3v) is 4.00. The van der Waals surface area contributed by atoms with E-state index in [2.05, 4.69) is 83.5 Å². The summed E-state index contributed by atoms with van der Waals surface area (Å²) in [7, 11) is 4.14. The van der Waals surface area contributed by atoms with E-state index in [1.54, 1.807) is 0 Å². The van der Waals surface area contributed by atoms with Crippen LogP contribution in [0.15, 0.2) is 37.4 Å². The van der Waals surface area contributed by atoms with Crippen molar-refractivity contribution in [3.05, 3.63) is 37.4 Å². The van der Waals surface area contributed by atoms with Crippen molar-refractivity contribution in [3.8, 4) is 0 Å². The van der Waals surface area contributed by atoms with Crippen LogP contribution in [-0.4, -0.2) is 15.6 Å². The van der Waals surface area contributed by atoms with E-state index >= 15 is 0 Å². The average molecular weight is 233 g/mol. The highest BCUT2D eigenvalue weighted by Crippen LogP contribution is 2.07. The van der Waals surface area contributed by atoms with Gasteiger partial charge in [-0.1, -0.05) is 26.5 Å². The van der Waals surface area contributed by atoms with Crippen LogP contribution in [0.3, 0.4) is 0 Å². The lowest BCUT2D eigenvalue weighted by atomic mass is 9.41. The normalized spacial score (nSPS) is 12.0. The van der Waals surface area contributed by atoms with Gasteiger partial charge in [-0.3, -0.25) is 0 Å². The molecule has 0 atom stereocenters. The number of hydrogen-bond donors (Lipinski definition) is 0. The highest BCUT2D eigenvalue weighted by molar-refractivity contribution is 6.62. The number of imidazole rings is 2. The number of nitrogens with zero attached hydrogens (tertiary/aromatic N) is 4. The fraction of sp³-hybridized carbons (Fsp3) is 0.500.